The number of nitrogens with one attached hydrogen (secondary N) is 2. The van der Waals surface area contributed by atoms with E-state index in [9.17, 15) is 0 Å². The smallest absolute Gasteiger partial charge is 0.0691 e. The summed E-state index contributed by atoms with van der Waals surface area (Å²) in [7, 11) is 0. The van der Waals surface area contributed by atoms with Gasteiger partial charge in [0.25, 0.3) is 0 Å². The monoisotopic (exact) mass is 586 g/mol. The average Bonchev–Trinajstić information content (AvgIpc) is 3.78. The van der Waals surface area contributed by atoms with Crippen molar-refractivity contribution in [2.45, 2.75) is 105 Å². The topological polar surface area (TPSA) is 57.4 Å². The van der Waals surface area contributed by atoms with Crippen molar-refractivity contribution >= 4 is 46.4 Å². The molecule has 216 valence electrons. The summed E-state index contributed by atoms with van der Waals surface area (Å²) in [5.74, 6) is 0. The fourth-order valence-electron chi connectivity index (χ4n) is 5.91. The zero-order valence-electron chi connectivity index (χ0n) is 25.4. The molecule has 8 bridgehead atoms. The molecule has 0 saturated carbocycles. The molecule has 0 unspecified atom stereocenters. The van der Waals surface area contributed by atoms with E-state index in [0.717, 1.165) is 93.4 Å². The maximum Gasteiger partial charge on any atom is 0.0691 e. The molecule has 0 saturated heterocycles. The van der Waals surface area contributed by atoms with Crippen molar-refractivity contribution < 1.29 is 17.4 Å². The van der Waals surface area contributed by atoms with E-state index in [1.807, 2.05) is 0 Å². The Hall–Kier alpha value is -2.87. The van der Waals surface area contributed by atoms with Gasteiger partial charge in [-0.05, 0) is 105 Å². The maximum absolute atomic E-state index is 5.27. The van der Waals surface area contributed by atoms with Gasteiger partial charge in [-0.25, -0.2) is 9.97 Å². The van der Waals surface area contributed by atoms with Crippen LogP contribution in [0.5, 0.6) is 0 Å². The Morgan fingerprint density at radius 1 is 0.439 bits per heavy atom. The van der Waals surface area contributed by atoms with E-state index >= 15 is 0 Å². The van der Waals surface area contributed by atoms with Gasteiger partial charge in [-0.2, -0.15) is 0 Å². The molecule has 0 atom stereocenters. The molecule has 0 radical (unpaired) electrons. The number of aromatic nitrogens is 4. The van der Waals surface area contributed by atoms with Crippen LogP contribution in [-0.4, -0.2) is 19.9 Å². The molecule has 4 nitrogen and oxygen atoms in total. The fraction of sp³-hybridized carbons (Fsp3) is 0.444. The van der Waals surface area contributed by atoms with Crippen LogP contribution < -0.4 is 0 Å². The Balaban J connectivity index is 0.00000387. The third-order valence-corrected chi connectivity index (χ3v) is 8.31. The van der Waals surface area contributed by atoms with Gasteiger partial charge in [0.15, 0.2) is 0 Å². The van der Waals surface area contributed by atoms with Crippen LogP contribution in [0.15, 0.2) is 24.3 Å². The molecule has 5 rings (SSSR count). The standard InChI is InChI=1S/C36H46N4.Cr/c1-5-9-13-25-29-17-19-31(37-29)26(14-10-6-2)33-21-23-35(39-33)28(16-12-8-4)36-24-22-34(40-36)27(15-11-7-3)32-20-18-30(25)38-32;/h17-24,37-38H,5-16H2,1-4H3;. The first-order valence-electron chi connectivity index (χ1n) is 15.8. The molecule has 0 fully saturated rings. The Morgan fingerprint density at radius 3 is 1.10 bits per heavy atom. The third-order valence-electron chi connectivity index (χ3n) is 8.31. The van der Waals surface area contributed by atoms with E-state index in [0.29, 0.717) is 0 Å². The van der Waals surface area contributed by atoms with Crippen LogP contribution in [0.3, 0.4) is 0 Å². The first-order chi connectivity index (χ1) is 19.7. The number of hydrogen-bond donors (Lipinski definition) is 2. The van der Waals surface area contributed by atoms with Crippen molar-refractivity contribution in [2.24, 2.45) is 0 Å². The van der Waals surface area contributed by atoms with E-state index in [1.165, 1.54) is 50.7 Å². The number of nitrogens with zero attached hydrogens (tertiary/aromatic N) is 2. The van der Waals surface area contributed by atoms with Gasteiger partial charge >= 0.3 is 0 Å². The summed E-state index contributed by atoms with van der Waals surface area (Å²) in [6.07, 6.45) is 22.2. The number of H-pyrrole nitrogens is 2. The molecule has 2 aliphatic heterocycles. The predicted molar refractivity (Wildman–Crippen MR) is 173 cm³/mol. The van der Waals surface area contributed by atoms with E-state index in [1.54, 1.807) is 0 Å². The van der Waals surface area contributed by atoms with Crippen molar-refractivity contribution in [3.05, 3.63) is 69.3 Å². The molecule has 5 heterocycles. The third kappa shape index (κ3) is 6.96. The van der Waals surface area contributed by atoms with Crippen molar-refractivity contribution in [3.8, 4) is 0 Å². The molecular formula is C36H46CrN4. The molecule has 0 amide bonds. The van der Waals surface area contributed by atoms with E-state index in [4.69, 9.17) is 9.97 Å². The van der Waals surface area contributed by atoms with Crippen molar-refractivity contribution in [1.82, 2.24) is 19.9 Å². The second kappa shape index (κ2) is 14.9. The Labute approximate surface area is 257 Å². The quantitative estimate of drug-likeness (QED) is 0.153. The van der Waals surface area contributed by atoms with Gasteiger partial charge in [0.2, 0.25) is 0 Å². The molecule has 5 heteroatoms. The summed E-state index contributed by atoms with van der Waals surface area (Å²) in [6.45, 7) is 9.06. The van der Waals surface area contributed by atoms with Crippen LogP contribution in [0.4, 0.5) is 0 Å². The summed E-state index contributed by atoms with van der Waals surface area (Å²) >= 11 is 0. The molecule has 0 aliphatic carbocycles. The van der Waals surface area contributed by atoms with E-state index in [-0.39, 0.29) is 17.4 Å². The number of hydrogen-bond acceptors (Lipinski definition) is 2. The van der Waals surface area contributed by atoms with E-state index < -0.39 is 0 Å². The predicted octanol–water partition coefficient (Wildman–Crippen LogP) is 10.0. The van der Waals surface area contributed by atoms with Gasteiger partial charge in [-0.1, -0.05) is 53.4 Å². The van der Waals surface area contributed by atoms with Crippen molar-refractivity contribution in [3.63, 3.8) is 0 Å². The molecule has 2 N–H and O–H groups in total. The zero-order chi connectivity index (χ0) is 27.9. The molecule has 2 aliphatic rings. The summed E-state index contributed by atoms with van der Waals surface area (Å²) in [5.41, 5.74) is 14.4. The Bertz CT molecular complexity index is 1450. The zero-order valence-corrected chi connectivity index (χ0v) is 26.7. The molecule has 41 heavy (non-hydrogen) atoms. The first kappa shape index (κ1) is 31.1. The van der Waals surface area contributed by atoms with Crippen LogP contribution >= 0.6 is 0 Å². The molecular weight excluding hydrogens is 540 g/mol. The summed E-state index contributed by atoms with van der Waals surface area (Å²) in [6, 6.07) is 9.10. The van der Waals surface area contributed by atoms with Gasteiger partial charge in [0.05, 0.1) is 22.8 Å². The summed E-state index contributed by atoms with van der Waals surface area (Å²) in [5, 5.41) is 0. The number of aromatic amines is 2. The SMILES string of the molecule is CCCCc1c2nc(c(CCCC)c3ccc([nH]3)c(CCCC)c3ccc([nH]3)c(CCCC)c3nc1C=C3)C=C2.[Cr]. The van der Waals surface area contributed by atoms with Crippen LogP contribution in [-0.2, 0) is 43.0 Å². The number of fused-ring (bicyclic) bond motifs is 8. The van der Waals surface area contributed by atoms with Gasteiger partial charge in [-0.15, -0.1) is 0 Å². The molecule has 0 spiro atoms. The van der Waals surface area contributed by atoms with Crippen LogP contribution in [0.25, 0.3) is 46.4 Å². The van der Waals surface area contributed by atoms with Crippen LogP contribution in [0, 0.1) is 0 Å². The normalized spacial score (nSPS) is 12.2. The second-order valence-corrected chi connectivity index (χ2v) is 11.3. The number of aryl methyl sites for hydroxylation is 3. The Morgan fingerprint density at radius 2 is 0.732 bits per heavy atom. The number of rotatable bonds is 12. The summed E-state index contributed by atoms with van der Waals surface area (Å²) in [4.78, 5) is 18.2. The molecule has 0 aromatic carbocycles. The van der Waals surface area contributed by atoms with Gasteiger partial charge < -0.3 is 9.97 Å². The molecule has 3 aromatic rings. The van der Waals surface area contributed by atoms with Crippen LogP contribution in [0.1, 0.15) is 124 Å². The second-order valence-electron chi connectivity index (χ2n) is 11.3. The minimum atomic E-state index is 0. The maximum atomic E-state index is 5.27. The van der Waals surface area contributed by atoms with Gasteiger partial charge in [0, 0.05) is 56.1 Å². The van der Waals surface area contributed by atoms with Gasteiger partial charge in [-0.3, -0.25) is 0 Å². The van der Waals surface area contributed by atoms with Crippen molar-refractivity contribution in [2.75, 3.05) is 0 Å². The van der Waals surface area contributed by atoms with Crippen LogP contribution in [0.2, 0.25) is 0 Å². The van der Waals surface area contributed by atoms with E-state index in [2.05, 4.69) is 86.2 Å². The fourth-order valence-corrected chi connectivity index (χ4v) is 5.91. The average molecular weight is 587 g/mol. The minimum absolute atomic E-state index is 0. The minimum Gasteiger partial charge on any atom is -0.355 e. The number of unbranched alkanes of at least 4 members (excludes halogenated alkanes) is 4. The molecule has 3 aromatic heterocycles. The van der Waals surface area contributed by atoms with Gasteiger partial charge in [0.1, 0.15) is 0 Å². The first-order valence-corrected chi connectivity index (χ1v) is 15.8. The summed E-state index contributed by atoms with van der Waals surface area (Å²) < 4.78 is 0. The largest absolute Gasteiger partial charge is 0.355 e. The van der Waals surface area contributed by atoms with Crippen molar-refractivity contribution in [1.29, 1.82) is 0 Å². The Kier molecular flexibility index (Phi) is 11.3.